The topological polar surface area (TPSA) is 90.7 Å². The standard InChI is InChI=1S/C18H25N5O2.HI/c1-2-19-18(22-11-14-23-12-5-6-13-23)21-10-9-20-17(25)15-7-3-4-8-16(15)24;/h3-8,12-13,24H,2,9-11,14H2,1H3,(H,20,25)(H2,19,21,22);1H. The van der Waals surface area contributed by atoms with Crippen LogP contribution in [0.25, 0.3) is 0 Å². The van der Waals surface area contributed by atoms with Crippen molar-refractivity contribution in [2.45, 2.75) is 13.5 Å². The van der Waals surface area contributed by atoms with E-state index in [0.29, 0.717) is 19.0 Å². The number of phenolic OH excluding ortho intramolecular Hbond substituents is 1. The minimum Gasteiger partial charge on any atom is -0.507 e. The average molecular weight is 471 g/mol. The van der Waals surface area contributed by atoms with Gasteiger partial charge in [0.15, 0.2) is 5.96 Å². The van der Waals surface area contributed by atoms with Crippen LogP contribution in [0.15, 0.2) is 53.8 Å². The van der Waals surface area contributed by atoms with Gasteiger partial charge in [0.2, 0.25) is 0 Å². The number of halogens is 1. The SMILES string of the molecule is CCNC(=NCCNC(=O)c1ccccc1O)NCCn1cccc1.I. The van der Waals surface area contributed by atoms with Crippen LogP contribution in [-0.4, -0.2) is 47.7 Å². The fourth-order valence-corrected chi connectivity index (χ4v) is 2.26. The molecule has 0 radical (unpaired) electrons. The molecule has 142 valence electrons. The van der Waals surface area contributed by atoms with E-state index in [2.05, 4.69) is 25.5 Å². The monoisotopic (exact) mass is 471 g/mol. The Bertz CT molecular complexity index is 689. The highest BCUT2D eigenvalue weighted by Crippen LogP contribution is 2.14. The number of para-hydroxylation sites is 1. The number of aromatic nitrogens is 1. The molecule has 0 aliphatic carbocycles. The van der Waals surface area contributed by atoms with E-state index in [4.69, 9.17) is 0 Å². The summed E-state index contributed by atoms with van der Waals surface area (Å²) in [5.41, 5.74) is 0.267. The van der Waals surface area contributed by atoms with Crippen molar-refractivity contribution < 1.29 is 9.90 Å². The first-order valence-electron chi connectivity index (χ1n) is 8.40. The van der Waals surface area contributed by atoms with E-state index < -0.39 is 0 Å². The fraction of sp³-hybridized carbons (Fsp3) is 0.333. The van der Waals surface area contributed by atoms with E-state index in [1.807, 2.05) is 31.5 Å². The van der Waals surface area contributed by atoms with E-state index in [1.165, 1.54) is 6.07 Å². The van der Waals surface area contributed by atoms with Crippen LogP contribution in [0, 0.1) is 0 Å². The third-order valence-corrected chi connectivity index (χ3v) is 3.49. The zero-order chi connectivity index (χ0) is 17.9. The second-order valence-electron chi connectivity index (χ2n) is 5.38. The number of nitrogens with one attached hydrogen (secondary N) is 3. The molecular weight excluding hydrogens is 445 g/mol. The van der Waals surface area contributed by atoms with Crippen LogP contribution in [-0.2, 0) is 6.54 Å². The fourth-order valence-electron chi connectivity index (χ4n) is 2.26. The molecule has 0 saturated carbocycles. The van der Waals surface area contributed by atoms with Crippen LogP contribution in [0.3, 0.4) is 0 Å². The summed E-state index contributed by atoms with van der Waals surface area (Å²) in [5, 5.41) is 18.8. The van der Waals surface area contributed by atoms with Gasteiger partial charge in [0.05, 0.1) is 12.1 Å². The highest BCUT2D eigenvalue weighted by Gasteiger charge is 2.08. The van der Waals surface area contributed by atoms with E-state index in [0.717, 1.165) is 19.6 Å². The van der Waals surface area contributed by atoms with Crippen LogP contribution < -0.4 is 16.0 Å². The van der Waals surface area contributed by atoms with Crippen LogP contribution >= 0.6 is 24.0 Å². The van der Waals surface area contributed by atoms with Gasteiger partial charge in [-0.25, -0.2) is 0 Å². The third kappa shape index (κ3) is 7.34. The van der Waals surface area contributed by atoms with E-state index >= 15 is 0 Å². The molecule has 7 nitrogen and oxygen atoms in total. The smallest absolute Gasteiger partial charge is 0.255 e. The highest BCUT2D eigenvalue weighted by atomic mass is 127. The van der Waals surface area contributed by atoms with Crippen molar-refractivity contribution in [1.82, 2.24) is 20.5 Å². The van der Waals surface area contributed by atoms with Gasteiger partial charge in [-0.3, -0.25) is 9.79 Å². The number of rotatable bonds is 8. The van der Waals surface area contributed by atoms with Crippen molar-refractivity contribution in [3.8, 4) is 5.75 Å². The zero-order valence-corrected chi connectivity index (χ0v) is 17.1. The van der Waals surface area contributed by atoms with Gasteiger partial charge in [0.25, 0.3) is 5.91 Å². The Morgan fingerprint density at radius 1 is 1.08 bits per heavy atom. The lowest BCUT2D eigenvalue weighted by atomic mass is 10.2. The molecule has 0 atom stereocenters. The maximum absolute atomic E-state index is 12.0. The lowest BCUT2D eigenvalue weighted by molar-refractivity contribution is 0.0952. The van der Waals surface area contributed by atoms with Crippen molar-refractivity contribution >= 4 is 35.8 Å². The number of hydrogen-bond donors (Lipinski definition) is 4. The van der Waals surface area contributed by atoms with Crippen LogP contribution in [0.1, 0.15) is 17.3 Å². The molecule has 0 aliphatic heterocycles. The molecule has 2 aromatic rings. The maximum Gasteiger partial charge on any atom is 0.255 e. The van der Waals surface area contributed by atoms with Gasteiger partial charge in [-0.15, -0.1) is 24.0 Å². The molecule has 0 bridgehead atoms. The number of nitrogens with zero attached hydrogens (tertiary/aromatic N) is 2. The van der Waals surface area contributed by atoms with Gasteiger partial charge < -0.3 is 25.6 Å². The Labute approximate surface area is 170 Å². The van der Waals surface area contributed by atoms with Gasteiger partial charge in [-0.2, -0.15) is 0 Å². The molecule has 8 heteroatoms. The molecule has 1 aromatic carbocycles. The minimum absolute atomic E-state index is 0. The summed E-state index contributed by atoms with van der Waals surface area (Å²) in [7, 11) is 0. The predicted molar refractivity (Wildman–Crippen MR) is 114 cm³/mol. The number of amides is 1. The van der Waals surface area contributed by atoms with Gasteiger partial charge in [-0.1, -0.05) is 12.1 Å². The third-order valence-electron chi connectivity index (χ3n) is 3.49. The Hall–Kier alpha value is -2.23. The molecule has 2 rings (SSSR count). The Morgan fingerprint density at radius 2 is 1.81 bits per heavy atom. The predicted octanol–water partition coefficient (Wildman–Crippen LogP) is 1.80. The quantitative estimate of drug-likeness (QED) is 0.205. The van der Waals surface area contributed by atoms with Crippen molar-refractivity contribution in [2.24, 2.45) is 4.99 Å². The number of carbonyl (C=O) groups is 1. The molecule has 0 unspecified atom stereocenters. The summed E-state index contributed by atoms with van der Waals surface area (Å²) in [5.74, 6) is 0.383. The molecule has 0 spiro atoms. The molecule has 0 saturated heterocycles. The zero-order valence-electron chi connectivity index (χ0n) is 14.8. The Kier molecular flexibility index (Phi) is 10.2. The number of aliphatic imine (C=N–C) groups is 1. The first-order valence-corrected chi connectivity index (χ1v) is 8.40. The van der Waals surface area contributed by atoms with Crippen molar-refractivity contribution in [3.63, 3.8) is 0 Å². The molecule has 1 aromatic heterocycles. The second-order valence-corrected chi connectivity index (χ2v) is 5.38. The lowest BCUT2D eigenvalue weighted by Crippen LogP contribution is -2.39. The lowest BCUT2D eigenvalue weighted by Gasteiger charge is -2.12. The molecule has 0 fully saturated rings. The number of carbonyl (C=O) groups excluding carboxylic acids is 1. The Morgan fingerprint density at radius 3 is 2.50 bits per heavy atom. The molecular formula is C18H26IN5O2. The molecule has 4 N–H and O–H groups in total. The number of phenols is 1. The summed E-state index contributed by atoms with van der Waals surface area (Å²) < 4.78 is 2.09. The number of guanidine groups is 1. The maximum atomic E-state index is 12.0. The Balaban J connectivity index is 0.00000338. The molecule has 0 aliphatic rings. The summed E-state index contributed by atoms with van der Waals surface area (Å²) in [6, 6.07) is 10.5. The first-order chi connectivity index (χ1) is 12.2. The first kappa shape index (κ1) is 21.8. The summed E-state index contributed by atoms with van der Waals surface area (Å²) in [6.45, 7) is 5.20. The number of aromatic hydroxyl groups is 1. The van der Waals surface area contributed by atoms with Gasteiger partial charge >= 0.3 is 0 Å². The van der Waals surface area contributed by atoms with E-state index in [1.54, 1.807) is 18.2 Å². The normalized spacial score (nSPS) is 10.7. The van der Waals surface area contributed by atoms with E-state index in [9.17, 15) is 9.90 Å². The van der Waals surface area contributed by atoms with E-state index in [-0.39, 0.29) is 41.2 Å². The average Bonchev–Trinajstić information content (AvgIpc) is 3.12. The largest absolute Gasteiger partial charge is 0.507 e. The summed E-state index contributed by atoms with van der Waals surface area (Å²) in [6.07, 6.45) is 4.03. The van der Waals surface area contributed by atoms with Gasteiger partial charge in [0.1, 0.15) is 5.75 Å². The van der Waals surface area contributed by atoms with Crippen LogP contribution in [0.2, 0.25) is 0 Å². The van der Waals surface area contributed by atoms with Crippen molar-refractivity contribution in [2.75, 3.05) is 26.2 Å². The van der Waals surface area contributed by atoms with Crippen molar-refractivity contribution in [3.05, 3.63) is 54.4 Å². The van der Waals surface area contributed by atoms with Crippen LogP contribution in [0.5, 0.6) is 5.75 Å². The van der Waals surface area contributed by atoms with Gasteiger partial charge in [0, 0.05) is 38.6 Å². The molecule has 26 heavy (non-hydrogen) atoms. The summed E-state index contributed by atoms with van der Waals surface area (Å²) >= 11 is 0. The van der Waals surface area contributed by atoms with Crippen LogP contribution in [0.4, 0.5) is 0 Å². The van der Waals surface area contributed by atoms with Gasteiger partial charge in [-0.05, 0) is 31.2 Å². The second kappa shape index (κ2) is 12.2. The molecule has 1 heterocycles. The number of hydrogen-bond acceptors (Lipinski definition) is 3. The summed E-state index contributed by atoms with van der Waals surface area (Å²) in [4.78, 5) is 16.4. The van der Waals surface area contributed by atoms with Crippen molar-refractivity contribution in [1.29, 1.82) is 0 Å². The molecule has 1 amide bonds. The highest BCUT2D eigenvalue weighted by molar-refractivity contribution is 14.0. The minimum atomic E-state index is -0.307. The number of benzene rings is 1.